The maximum absolute atomic E-state index is 6.84. The van der Waals surface area contributed by atoms with Gasteiger partial charge in [-0.25, -0.2) is 0 Å². The highest BCUT2D eigenvalue weighted by molar-refractivity contribution is 6.94. The van der Waals surface area contributed by atoms with Gasteiger partial charge in [0.15, 0.2) is 16.6 Å². The zero-order valence-corrected chi connectivity index (χ0v) is 55.3. The molecule has 0 saturated heterocycles. The minimum absolute atomic E-state index is 1.43. The first-order chi connectivity index (χ1) is 23.9. The smallest absolute Gasteiger partial charge is 0.360 e. The second kappa shape index (κ2) is 19.7. The van der Waals surface area contributed by atoms with Crippen molar-refractivity contribution in [2.24, 2.45) is 0 Å². The van der Waals surface area contributed by atoms with E-state index < -0.39 is 120 Å². The summed E-state index contributed by atoms with van der Waals surface area (Å²) >= 11 is 0. The summed E-state index contributed by atoms with van der Waals surface area (Å²) in [6.45, 7) is 60.7. The fraction of sp³-hybridized carbons (Fsp3) is 1.00. The Kier molecular flexibility index (Phi) is 20.6. The lowest BCUT2D eigenvalue weighted by Gasteiger charge is -2.45. The molecule has 0 aromatic rings. The van der Waals surface area contributed by atoms with Crippen molar-refractivity contribution in [3.05, 3.63) is 0 Å². The van der Waals surface area contributed by atoms with Crippen LogP contribution in [-0.4, -0.2) is 120 Å². The van der Waals surface area contributed by atoms with Crippen molar-refractivity contribution >= 4 is 120 Å². The van der Waals surface area contributed by atoms with E-state index in [1.54, 1.807) is 0 Å². The van der Waals surface area contributed by atoms with E-state index in [2.05, 4.69) is 183 Å². The number of hydrogen-bond donors (Lipinski definition) is 0. The Bertz CT molecular complexity index is 1250. The average molecular weight is 1040 g/mol. The van der Waals surface area contributed by atoms with Gasteiger partial charge in [-0.2, -0.15) is 0 Å². The lowest BCUT2D eigenvalue weighted by atomic mass is 11.8. The Hall–Kier alpha value is 2.52. The Morgan fingerprint density at radius 3 is 0.518 bits per heavy atom. The molecule has 0 bridgehead atoms. The summed E-state index contributed by atoms with van der Waals surface area (Å²) in [6, 6.07) is 0. The van der Waals surface area contributed by atoms with Crippen LogP contribution in [-0.2, 0) is 53.5 Å². The lowest BCUT2D eigenvalue weighted by molar-refractivity contribution is 0.252. The van der Waals surface area contributed by atoms with Crippen molar-refractivity contribution in [2.75, 3.05) is 0 Å². The van der Waals surface area contributed by atoms with E-state index in [4.69, 9.17) is 53.5 Å². The normalized spacial score (nSPS) is 16.0. The van der Waals surface area contributed by atoms with E-state index in [1.165, 1.54) is 0 Å². The molecule has 0 spiro atoms. The number of rotatable bonds is 26. The van der Waals surface area contributed by atoms with Crippen LogP contribution in [0.15, 0.2) is 0 Å². The van der Waals surface area contributed by atoms with E-state index in [0.717, 1.165) is 0 Å². The molecule has 13 nitrogen and oxygen atoms in total. The highest BCUT2D eigenvalue weighted by Gasteiger charge is 2.51. The molecule has 0 heterocycles. The first-order valence-electron chi connectivity index (χ1n) is 19.8. The lowest BCUT2D eigenvalue weighted by Crippen LogP contribution is -2.62. The van der Waals surface area contributed by atoms with Crippen LogP contribution in [0.2, 0.25) is 190 Å². The maximum atomic E-state index is 6.84. The Labute approximate surface area is 361 Å². The highest BCUT2D eigenvalue weighted by atomic mass is 28.5. The first kappa shape index (κ1) is 58.5. The van der Waals surface area contributed by atoms with Crippen molar-refractivity contribution in [2.45, 2.75) is 190 Å². The van der Waals surface area contributed by atoms with Crippen LogP contribution in [0.3, 0.4) is 0 Å². The summed E-state index contributed by atoms with van der Waals surface area (Å²) in [6.07, 6.45) is 0. The molecule has 56 heavy (non-hydrogen) atoms. The molecule has 0 fully saturated rings. The molecular weight excluding hydrogens is 950 g/mol. The SMILES string of the molecule is C[Si](O[Si](C)(C)C)O[Si](C)(C)O[Si](C)(C)O[Si](C)(C)O[Si](C)(C)O[Si](C)(C)O[Si](C)(C)O[Si](C)(C)O[Si](C)(C)O[Si](C)(C)O[Si](C)(C)O[Si](C)(C)O[Si](C)(C)C. The zero-order valence-electron chi connectivity index (χ0n) is 41.3. The maximum Gasteiger partial charge on any atom is 0.360 e. The van der Waals surface area contributed by atoms with Crippen molar-refractivity contribution in [1.82, 2.24) is 0 Å². The van der Waals surface area contributed by atoms with E-state index in [-0.39, 0.29) is 0 Å². The topological polar surface area (TPSA) is 120 Å². The number of hydrogen-bond acceptors (Lipinski definition) is 13. The van der Waals surface area contributed by atoms with E-state index in [1.807, 2.05) is 6.55 Å². The van der Waals surface area contributed by atoms with E-state index >= 15 is 0 Å². The van der Waals surface area contributed by atoms with Gasteiger partial charge in [0, 0.05) is 0 Å². The molecule has 0 amide bonds. The van der Waals surface area contributed by atoms with Crippen LogP contribution < -0.4 is 0 Å². The largest absolute Gasteiger partial charge is 0.437 e. The standard InChI is InChI=1S/C29H87O13Si14/c1-43(30-44(2,3)4)31-46(8,9)33-48(12,13)35-50(16,17)37-52(20,21)39-54(24,25)41-56(28,29)42-55(26,27)40-53(22,23)38-51(18,19)36-49(14,15)34-47(10,11)32-45(5,6)7/h1-29H3. The molecule has 0 unspecified atom stereocenters. The molecule has 0 N–H and O–H groups in total. The molecule has 0 aliphatic rings. The van der Waals surface area contributed by atoms with Crippen LogP contribution in [0.5, 0.6) is 0 Å². The third kappa shape index (κ3) is 28.3. The summed E-state index contributed by atoms with van der Waals surface area (Å²) in [5.41, 5.74) is 0. The third-order valence-corrected chi connectivity index (χ3v) is 56.8. The van der Waals surface area contributed by atoms with Gasteiger partial charge in [0.25, 0.3) is 0 Å². The summed E-state index contributed by atoms with van der Waals surface area (Å²) in [5.74, 6) is 0. The second-order valence-electron chi connectivity index (χ2n) is 21.4. The predicted octanol–water partition coefficient (Wildman–Crippen LogP) is 10.7. The summed E-state index contributed by atoms with van der Waals surface area (Å²) in [4.78, 5) is 0. The van der Waals surface area contributed by atoms with Crippen LogP contribution in [0.1, 0.15) is 0 Å². The van der Waals surface area contributed by atoms with E-state index in [9.17, 15) is 0 Å². The molecular formula is C29H87O13Si14. The monoisotopic (exact) mass is 1040 g/mol. The quantitative estimate of drug-likeness (QED) is 0.0765. The molecule has 27 heteroatoms. The van der Waals surface area contributed by atoms with Crippen LogP contribution >= 0.6 is 0 Å². The van der Waals surface area contributed by atoms with E-state index in [0.29, 0.717) is 0 Å². The molecule has 0 aromatic heterocycles. The van der Waals surface area contributed by atoms with Crippen LogP contribution in [0.4, 0.5) is 0 Å². The van der Waals surface area contributed by atoms with Crippen molar-refractivity contribution in [3.63, 3.8) is 0 Å². The van der Waals surface area contributed by atoms with Crippen molar-refractivity contribution in [3.8, 4) is 0 Å². The Morgan fingerprint density at radius 1 is 0.196 bits per heavy atom. The van der Waals surface area contributed by atoms with Gasteiger partial charge >= 0.3 is 103 Å². The Morgan fingerprint density at radius 2 is 0.357 bits per heavy atom. The second-order valence-corrected chi connectivity index (χ2v) is 72.3. The summed E-state index contributed by atoms with van der Waals surface area (Å²) in [7, 11) is -34.0. The van der Waals surface area contributed by atoms with Crippen LogP contribution in [0, 0.1) is 0 Å². The van der Waals surface area contributed by atoms with Gasteiger partial charge in [0.2, 0.25) is 0 Å². The van der Waals surface area contributed by atoms with Crippen molar-refractivity contribution < 1.29 is 53.5 Å². The van der Waals surface area contributed by atoms with Gasteiger partial charge in [0.05, 0.1) is 0 Å². The van der Waals surface area contributed by atoms with Gasteiger partial charge in [-0.1, -0.05) is 0 Å². The minimum atomic E-state index is -2.75. The predicted molar refractivity (Wildman–Crippen MR) is 265 cm³/mol. The summed E-state index contributed by atoms with van der Waals surface area (Å²) < 4.78 is 86.8. The van der Waals surface area contributed by atoms with Gasteiger partial charge < -0.3 is 53.5 Å². The van der Waals surface area contributed by atoms with Gasteiger partial charge in [-0.05, 0) is 190 Å². The van der Waals surface area contributed by atoms with Gasteiger partial charge in [-0.3, -0.25) is 0 Å². The van der Waals surface area contributed by atoms with Gasteiger partial charge in [0.1, 0.15) is 0 Å². The molecule has 1 radical (unpaired) electrons. The molecule has 0 aliphatic heterocycles. The minimum Gasteiger partial charge on any atom is -0.437 e. The molecule has 0 saturated carbocycles. The molecule has 0 aliphatic carbocycles. The van der Waals surface area contributed by atoms with Crippen LogP contribution in [0.25, 0.3) is 0 Å². The fourth-order valence-corrected chi connectivity index (χ4v) is 73.7. The highest BCUT2D eigenvalue weighted by Crippen LogP contribution is 2.32. The average Bonchev–Trinajstić information content (AvgIpc) is 2.64. The van der Waals surface area contributed by atoms with Crippen molar-refractivity contribution in [1.29, 1.82) is 0 Å². The third-order valence-electron chi connectivity index (χ3n) is 6.31. The molecule has 0 atom stereocenters. The van der Waals surface area contributed by atoms with Gasteiger partial charge in [-0.15, -0.1) is 0 Å². The zero-order chi connectivity index (χ0) is 45.3. The first-order valence-corrected chi connectivity index (χ1v) is 59.4. The molecule has 337 valence electrons. The molecule has 0 aromatic carbocycles. The Balaban J connectivity index is 5.60. The fourth-order valence-electron chi connectivity index (χ4n) is 7.68. The molecule has 0 rings (SSSR count). The summed E-state index contributed by atoms with van der Waals surface area (Å²) in [5, 5.41) is 0.